The van der Waals surface area contributed by atoms with Gasteiger partial charge in [-0.3, -0.25) is 0 Å². The number of thiophene rings is 1. The number of allylic oxidation sites excluding steroid dienone is 1. The van der Waals surface area contributed by atoms with Crippen LogP contribution in [-0.4, -0.2) is 8.42 Å². The van der Waals surface area contributed by atoms with Crippen LogP contribution >= 0.6 is 11.3 Å². The molecule has 2 rings (SSSR count). The van der Waals surface area contributed by atoms with E-state index in [1.54, 1.807) is 24.3 Å². The highest BCUT2D eigenvalue weighted by Crippen LogP contribution is 2.24. The maximum Gasteiger partial charge on any atom is 0.216 e. The second-order valence-electron chi connectivity index (χ2n) is 3.90. The lowest BCUT2D eigenvalue weighted by atomic mass is 10.3. The number of sulfone groups is 1. The van der Waals surface area contributed by atoms with Crippen LogP contribution in [0.4, 0.5) is 0 Å². The monoisotopic (exact) mass is 289 g/mol. The lowest BCUT2D eigenvalue weighted by Crippen LogP contribution is -2.03. The summed E-state index contributed by atoms with van der Waals surface area (Å²) in [6, 6.07) is 11.7. The first-order valence-corrected chi connectivity index (χ1v) is 7.88. The number of aryl methyl sites for hydroxylation is 1. The molecule has 0 aliphatic heterocycles. The molecule has 2 aromatic rings. The van der Waals surface area contributed by atoms with Crippen LogP contribution in [0.3, 0.4) is 0 Å². The molecule has 0 atom stereocenters. The van der Waals surface area contributed by atoms with Crippen molar-refractivity contribution >= 4 is 27.3 Å². The summed E-state index contributed by atoms with van der Waals surface area (Å²) in [5.41, 5.74) is 0.959. The maximum absolute atomic E-state index is 12.3. The van der Waals surface area contributed by atoms with Gasteiger partial charge in [0.2, 0.25) is 9.84 Å². The fourth-order valence-corrected chi connectivity index (χ4v) is 3.64. The summed E-state index contributed by atoms with van der Waals surface area (Å²) in [6.07, 6.45) is 1.43. The van der Waals surface area contributed by atoms with Gasteiger partial charge in [0, 0.05) is 4.88 Å². The van der Waals surface area contributed by atoms with Gasteiger partial charge >= 0.3 is 0 Å². The zero-order valence-corrected chi connectivity index (χ0v) is 11.8. The Labute approximate surface area is 116 Å². The van der Waals surface area contributed by atoms with E-state index in [-0.39, 0.29) is 9.80 Å². The molecule has 0 N–H and O–H groups in total. The van der Waals surface area contributed by atoms with Crippen LogP contribution in [0.25, 0.3) is 6.08 Å². The molecule has 0 radical (unpaired) electrons. The Morgan fingerprint density at radius 2 is 1.95 bits per heavy atom. The molecule has 1 aromatic heterocycles. The van der Waals surface area contributed by atoms with Gasteiger partial charge in [-0.25, -0.2) is 8.42 Å². The van der Waals surface area contributed by atoms with E-state index in [0.29, 0.717) is 0 Å². The summed E-state index contributed by atoms with van der Waals surface area (Å²) in [4.78, 5) is 0.692. The van der Waals surface area contributed by atoms with Crippen molar-refractivity contribution in [3.8, 4) is 6.07 Å². The van der Waals surface area contributed by atoms with Crippen molar-refractivity contribution in [3.63, 3.8) is 0 Å². The van der Waals surface area contributed by atoms with E-state index in [9.17, 15) is 8.42 Å². The Bertz CT molecular complexity index is 750. The molecule has 0 saturated heterocycles. The quantitative estimate of drug-likeness (QED) is 0.814. The Balaban J connectivity index is 2.53. The van der Waals surface area contributed by atoms with Crippen molar-refractivity contribution in [2.45, 2.75) is 11.8 Å². The predicted octanol–water partition coefficient (Wildman–Crippen LogP) is 3.39. The second-order valence-corrected chi connectivity index (χ2v) is 6.77. The van der Waals surface area contributed by atoms with E-state index < -0.39 is 9.84 Å². The molecular weight excluding hydrogens is 278 g/mol. The van der Waals surface area contributed by atoms with Crippen molar-refractivity contribution < 1.29 is 8.42 Å². The predicted molar refractivity (Wildman–Crippen MR) is 76.3 cm³/mol. The Hall–Kier alpha value is -1.90. The molecule has 5 heteroatoms. The van der Waals surface area contributed by atoms with Crippen LogP contribution in [0.2, 0.25) is 0 Å². The van der Waals surface area contributed by atoms with E-state index in [2.05, 4.69) is 0 Å². The Kier molecular flexibility index (Phi) is 3.84. The zero-order valence-electron chi connectivity index (χ0n) is 10.2. The normalized spacial score (nSPS) is 12.1. The number of rotatable bonds is 3. The van der Waals surface area contributed by atoms with Gasteiger partial charge in [0.05, 0.1) is 4.90 Å². The minimum Gasteiger partial charge on any atom is -0.218 e. The molecule has 96 valence electrons. The topological polar surface area (TPSA) is 57.9 Å². The molecule has 0 aliphatic carbocycles. The fourth-order valence-electron chi connectivity index (χ4n) is 1.55. The van der Waals surface area contributed by atoms with Gasteiger partial charge in [-0.1, -0.05) is 18.2 Å². The van der Waals surface area contributed by atoms with Crippen molar-refractivity contribution in [3.05, 3.63) is 57.1 Å². The molecule has 0 saturated carbocycles. The largest absolute Gasteiger partial charge is 0.218 e. The molecule has 0 bridgehead atoms. The molecule has 3 nitrogen and oxygen atoms in total. The van der Waals surface area contributed by atoms with Crippen LogP contribution < -0.4 is 0 Å². The average Bonchev–Trinajstić information content (AvgIpc) is 2.82. The van der Waals surface area contributed by atoms with Gasteiger partial charge in [0.15, 0.2) is 4.91 Å². The number of hydrogen-bond donors (Lipinski definition) is 0. The minimum absolute atomic E-state index is 0.136. The van der Waals surface area contributed by atoms with Gasteiger partial charge in [-0.2, -0.15) is 5.26 Å². The summed E-state index contributed by atoms with van der Waals surface area (Å²) in [5, 5.41) is 11.0. The van der Waals surface area contributed by atoms with E-state index >= 15 is 0 Å². The van der Waals surface area contributed by atoms with Crippen LogP contribution in [0.15, 0.2) is 51.6 Å². The first-order valence-electron chi connectivity index (χ1n) is 5.52. The van der Waals surface area contributed by atoms with Crippen LogP contribution in [0.5, 0.6) is 0 Å². The zero-order chi connectivity index (χ0) is 13.9. The van der Waals surface area contributed by atoms with Crippen molar-refractivity contribution in [1.29, 1.82) is 5.26 Å². The first-order chi connectivity index (χ1) is 9.05. The third kappa shape index (κ3) is 2.75. The molecule has 0 amide bonds. The molecule has 0 spiro atoms. The Morgan fingerprint density at radius 3 is 2.47 bits per heavy atom. The summed E-state index contributed by atoms with van der Waals surface area (Å²) < 4.78 is 24.6. The number of nitrogens with zero attached hydrogens (tertiary/aromatic N) is 1. The van der Waals surface area contributed by atoms with E-state index in [1.165, 1.54) is 29.5 Å². The highest BCUT2D eigenvalue weighted by atomic mass is 32.2. The average molecular weight is 289 g/mol. The third-order valence-corrected chi connectivity index (χ3v) is 5.26. The van der Waals surface area contributed by atoms with E-state index in [4.69, 9.17) is 5.26 Å². The lowest BCUT2D eigenvalue weighted by Gasteiger charge is -2.02. The highest BCUT2D eigenvalue weighted by Gasteiger charge is 2.20. The van der Waals surface area contributed by atoms with Crippen molar-refractivity contribution in [2.75, 3.05) is 0 Å². The standard InChI is InChI=1S/C14H11NO2S2/c1-11-7-8-18-14(11)9-13(10-15)19(16,17)12-5-3-2-4-6-12/h2-9H,1H3/b13-9-. The number of nitriles is 1. The number of benzene rings is 1. The van der Waals surface area contributed by atoms with E-state index in [0.717, 1.165) is 10.4 Å². The van der Waals surface area contributed by atoms with Gasteiger partial charge in [0.1, 0.15) is 6.07 Å². The molecule has 1 aromatic carbocycles. The molecule has 0 aliphatic rings. The van der Waals surface area contributed by atoms with Crippen molar-refractivity contribution in [2.24, 2.45) is 0 Å². The fraction of sp³-hybridized carbons (Fsp3) is 0.0714. The second kappa shape index (κ2) is 5.39. The van der Waals surface area contributed by atoms with Gasteiger partial charge in [-0.05, 0) is 42.1 Å². The lowest BCUT2D eigenvalue weighted by molar-refractivity contribution is 0.603. The minimum atomic E-state index is -3.74. The van der Waals surface area contributed by atoms with Crippen molar-refractivity contribution in [1.82, 2.24) is 0 Å². The highest BCUT2D eigenvalue weighted by molar-refractivity contribution is 7.95. The summed E-state index contributed by atoms with van der Waals surface area (Å²) in [5.74, 6) is 0. The van der Waals surface area contributed by atoms with Crippen LogP contribution in [0.1, 0.15) is 10.4 Å². The molecule has 0 fully saturated rings. The number of hydrogen-bond acceptors (Lipinski definition) is 4. The smallest absolute Gasteiger partial charge is 0.216 e. The molecule has 1 heterocycles. The van der Waals surface area contributed by atoms with Crippen LogP contribution in [0, 0.1) is 18.3 Å². The van der Waals surface area contributed by atoms with Gasteiger partial charge in [-0.15, -0.1) is 11.3 Å². The molecule has 0 unspecified atom stereocenters. The summed E-state index contributed by atoms with van der Waals surface area (Å²) in [6.45, 7) is 1.88. The molecular formula is C14H11NO2S2. The first kappa shape index (κ1) is 13.5. The third-order valence-electron chi connectivity index (χ3n) is 2.62. The SMILES string of the molecule is Cc1ccsc1/C=C(/C#N)S(=O)(=O)c1ccccc1. The summed E-state index contributed by atoms with van der Waals surface area (Å²) >= 11 is 1.41. The Morgan fingerprint density at radius 1 is 1.26 bits per heavy atom. The van der Waals surface area contributed by atoms with Gasteiger partial charge in [0.25, 0.3) is 0 Å². The van der Waals surface area contributed by atoms with Gasteiger partial charge < -0.3 is 0 Å². The van der Waals surface area contributed by atoms with E-state index in [1.807, 2.05) is 18.4 Å². The maximum atomic E-state index is 12.3. The molecule has 19 heavy (non-hydrogen) atoms. The summed E-state index contributed by atoms with van der Waals surface area (Å²) in [7, 11) is -3.74. The van der Waals surface area contributed by atoms with Crippen LogP contribution in [-0.2, 0) is 9.84 Å².